The average molecular weight is 548 g/mol. The number of alkyl halides is 2. The second kappa shape index (κ2) is 10.8. The highest BCUT2D eigenvalue weighted by Gasteiger charge is 2.21. The van der Waals surface area contributed by atoms with Crippen molar-refractivity contribution in [2.24, 2.45) is 0 Å². The number of nitrogens with one attached hydrogen (secondary N) is 2. The van der Waals surface area contributed by atoms with Crippen LogP contribution in [-0.2, 0) is 0 Å². The Bertz CT molecular complexity index is 1710. The maximum atomic E-state index is 13.3. The topological polar surface area (TPSA) is 127 Å². The van der Waals surface area contributed by atoms with Gasteiger partial charge in [0.25, 0.3) is 11.8 Å². The lowest BCUT2D eigenvalue weighted by Crippen LogP contribution is -2.22. The third-order valence-electron chi connectivity index (χ3n) is 5.92. The minimum absolute atomic E-state index is 0.129. The molecule has 11 nitrogen and oxygen atoms in total. The van der Waals surface area contributed by atoms with Gasteiger partial charge in [-0.15, -0.1) is 0 Å². The van der Waals surface area contributed by atoms with E-state index in [1.165, 1.54) is 46.2 Å². The fourth-order valence-corrected chi connectivity index (χ4v) is 4.00. The van der Waals surface area contributed by atoms with E-state index in [9.17, 15) is 18.4 Å². The maximum Gasteiger partial charge on any atom is 0.387 e. The van der Waals surface area contributed by atoms with Crippen molar-refractivity contribution in [2.45, 2.75) is 13.5 Å². The molecule has 204 valence electrons. The molecule has 2 N–H and O–H groups in total. The van der Waals surface area contributed by atoms with Gasteiger partial charge < -0.3 is 19.7 Å². The zero-order chi connectivity index (χ0) is 28.4. The summed E-state index contributed by atoms with van der Waals surface area (Å²) >= 11 is 0. The number of aryl methyl sites for hydroxylation is 1. The number of carbonyl (C=O) groups excluding carboxylic acids is 2. The van der Waals surface area contributed by atoms with Gasteiger partial charge in [0, 0.05) is 38.2 Å². The van der Waals surface area contributed by atoms with Crippen molar-refractivity contribution in [1.29, 1.82) is 0 Å². The average Bonchev–Trinajstić information content (AvgIpc) is 3.57. The number of amides is 2. The Morgan fingerprint density at radius 3 is 2.65 bits per heavy atom. The van der Waals surface area contributed by atoms with Gasteiger partial charge in [0.2, 0.25) is 0 Å². The summed E-state index contributed by atoms with van der Waals surface area (Å²) in [5.74, 6) is -0.285. The number of halogens is 2. The number of nitrogens with zero attached hydrogens (tertiary/aromatic N) is 5. The number of rotatable bonds is 8. The molecule has 13 heteroatoms. The van der Waals surface area contributed by atoms with Crippen LogP contribution in [0.2, 0.25) is 0 Å². The third kappa shape index (κ3) is 5.29. The number of ether oxygens (including phenoxy) is 2. The van der Waals surface area contributed by atoms with Crippen molar-refractivity contribution in [3.63, 3.8) is 0 Å². The van der Waals surface area contributed by atoms with Crippen LogP contribution in [0.25, 0.3) is 16.9 Å². The fourth-order valence-electron chi connectivity index (χ4n) is 4.00. The molecule has 0 radical (unpaired) electrons. The van der Waals surface area contributed by atoms with Crippen LogP contribution in [-0.4, -0.2) is 62.2 Å². The molecule has 3 aromatic heterocycles. The summed E-state index contributed by atoms with van der Waals surface area (Å²) in [5, 5.41) is 13.6. The Kier molecular flexibility index (Phi) is 7.10. The largest absolute Gasteiger partial charge is 0.457 e. The molecular formula is C27H23F2N7O4. The molecule has 0 fully saturated rings. The number of aromatic amines is 1. The van der Waals surface area contributed by atoms with E-state index >= 15 is 0 Å². The summed E-state index contributed by atoms with van der Waals surface area (Å²) < 4.78 is 38.7. The number of hydrogen-bond donors (Lipinski definition) is 2. The monoisotopic (exact) mass is 547 g/mol. The molecule has 0 saturated carbocycles. The van der Waals surface area contributed by atoms with Crippen LogP contribution in [0.1, 0.15) is 26.3 Å². The Morgan fingerprint density at radius 2 is 1.88 bits per heavy atom. The van der Waals surface area contributed by atoms with Crippen molar-refractivity contribution in [3.05, 3.63) is 83.9 Å². The Hall–Kier alpha value is -5.33. The molecule has 3 heterocycles. The maximum absolute atomic E-state index is 13.3. The van der Waals surface area contributed by atoms with Crippen molar-refractivity contribution in [2.75, 3.05) is 19.4 Å². The van der Waals surface area contributed by atoms with E-state index in [2.05, 4.69) is 25.6 Å². The summed E-state index contributed by atoms with van der Waals surface area (Å²) in [6, 6.07) is 10.9. The number of benzene rings is 2. The van der Waals surface area contributed by atoms with E-state index in [4.69, 9.17) is 9.47 Å². The second-order valence-corrected chi connectivity index (χ2v) is 8.86. The van der Waals surface area contributed by atoms with Crippen LogP contribution in [0.5, 0.6) is 17.2 Å². The van der Waals surface area contributed by atoms with Crippen molar-refractivity contribution < 1.29 is 27.8 Å². The van der Waals surface area contributed by atoms with Crippen LogP contribution in [0.4, 0.5) is 14.5 Å². The first-order chi connectivity index (χ1) is 19.2. The molecule has 2 amide bonds. The molecule has 5 aromatic rings. The lowest BCUT2D eigenvalue weighted by Gasteiger charge is -2.15. The summed E-state index contributed by atoms with van der Waals surface area (Å²) in [7, 11) is 3.30. The fraction of sp³-hybridized carbons (Fsp3) is 0.148. The molecule has 0 unspecified atom stereocenters. The minimum atomic E-state index is -3.11. The summed E-state index contributed by atoms with van der Waals surface area (Å²) in [6.45, 7) is -1.30. The first kappa shape index (κ1) is 26.3. The van der Waals surface area contributed by atoms with Crippen LogP contribution < -0.4 is 14.8 Å². The van der Waals surface area contributed by atoms with Crippen LogP contribution in [0.3, 0.4) is 0 Å². The van der Waals surface area contributed by atoms with E-state index in [1.54, 1.807) is 44.6 Å². The standard InChI is InChI=1S/C27H23F2N7O4/c1-15-5-6-16(11-18(15)26(38)35(2)3)39-17-7-8-22(40-27(28)29)19(12-17)23-21(14-31-34-23)33-25(37)20-13-32-36-10-4-9-30-24(20)36/h4-14,27H,1-3H3,(H,31,34)(H,33,37). The minimum Gasteiger partial charge on any atom is -0.457 e. The summed E-state index contributed by atoms with van der Waals surface area (Å²) in [6.07, 6.45) is 5.96. The van der Waals surface area contributed by atoms with E-state index < -0.39 is 12.5 Å². The lowest BCUT2D eigenvalue weighted by molar-refractivity contribution is -0.0494. The van der Waals surface area contributed by atoms with Gasteiger partial charge in [0.15, 0.2) is 5.65 Å². The third-order valence-corrected chi connectivity index (χ3v) is 5.92. The molecule has 0 aliphatic rings. The highest BCUT2D eigenvalue weighted by atomic mass is 19.3. The molecule has 0 spiro atoms. The predicted molar refractivity (Wildman–Crippen MR) is 141 cm³/mol. The number of fused-ring (bicyclic) bond motifs is 1. The summed E-state index contributed by atoms with van der Waals surface area (Å²) in [4.78, 5) is 31.2. The van der Waals surface area contributed by atoms with Crippen LogP contribution in [0, 0.1) is 6.92 Å². The van der Waals surface area contributed by atoms with Gasteiger partial charge in [-0.3, -0.25) is 14.7 Å². The summed E-state index contributed by atoms with van der Waals surface area (Å²) in [5.41, 5.74) is 2.23. The first-order valence-corrected chi connectivity index (χ1v) is 11.9. The molecule has 5 rings (SSSR count). The Labute approximate surface area is 226 Å². The van der Waals surface area contributed by atoms with Gasteiger partial charge in [-0.05, 0) is 48.9 Å². The molecular weight excluding hydrogens is 524 g/mol. The number of carbonyl (C=O) groups is 2. The Balaban J connectivity index is 1.48. The number of aromatic nitrogens is 5. The number of anilines is 1. The number of hydrogen-bond acceptors (Lipinski definition) is 7. The Morgan fingerprint density at radius 1 is 1.10 bits per heavy atom. The number of H-pyrrole nitrogens is 1. The molecule has 0 aliphatic heterocycles. The van der Waals surface area contributed by atoms with Gasteiger partial charge in [0.05, 0.1) is 17.4 Å². The van der Waals surface area contributed by atoms with Crippen molar-refractivity contribution >= 4 is 23.1 Å². The van der Waals surface area contributed by atoms with Gasteiger partial charge in [0.1, 0.15) is 28.5 Å². The SMILES string of the molecule is Cc1ccc(Oc2ccc(OC(F)F)c(-c3n[nH]cc3NC(=O)c3cnn4cccnc34)c2)cc1C(=O)N(C)C. The van der Waals surface area contributed by atoms with Gasteiger partial charge in [-0.1, -0.05) is 6.07 Å². The quantitative estimate of drug-likeness (QED) is 0.286. The van der Waals surface area contributed by atoms with Gasteiger partial charge in [-0.2, -0.15) is 19.0 Å². The van der Waals surface area contributed by atoms with E-state index in [0.717, 1.165) is 5.56 Å². The van der Waals surface area contributed by atoms with Crippen molar-refractivity contribution in [1.82, 2.24) is 29.7 Å². The van der Waals surface area contributed by atoms with E-state index in [0.29, 0.717) is 17.0 Å². The lowest BCUT2D eigenvalue weighted by atomic mass is 10.1. The molecule has 2 aromatic carbocycles. The predicted octanol–water partition coefficient (Wildman–Crippen LogP) is 4.78. The van der Waals surface area contributed by atoms with Crippen LogP contribution in [0.15, 0.2) is 67.3 Å². The highest BCUT2D eigenvalue weighted by Crippen LogP contribution is 2.38. The molecule has 0 atom stereocenters. The van der Waals surface area contributed by atoms with Crippen molar-refractivity contribution in [3.8, 4) is 28.5 Å². The molecule has 0 aliphatic carbocycles. The first-order valence-electron chi connectivity index (χ1n) is 11.9. The van der Waals surface area contributed by atoms with E-state index in [-0.39, 0.29) is 39.9 Å². The molecule has 40 heavy (non-hydrogen) atoms. The zero-order valence-electron chi connectivity index (χ0n) is 21.6. The molecule has 0 saturated heterocycles. The van der Waals surface area contributed by atoms with Gasteiger partial charge in [-0.25, -0.2) is 9.50 Å². The zero-order valence-corrected chi connectivity index (χ0v) is 21.6. The van der Waals surface area contributed by atoms with E-state index in [1.807, 2.05) is 6.92 Å². The highest BCUT2D eigenvalue weighted by molar-refractivity contribution is 6.09. The normalized spacial score (nSPS) is 11.1. The molecule has 0 bridgehead atoms. The smallest absolute Gasteiger partial charge is 0.387 e. The second-order valence-electron chi connectivity index (χ2n) is 8.86. The van der Waals surface area contributed by atoms with Crippen LogP contribution >= 0.6 is 0 Å². The van der Waals surface area contributed by atoms with Gasteiger partial charge >= 0.3 is 6.61 Å².